The maximum atomic E-state index is 5.93. The molecule has 122 valence electrons. The van der Waals surface area contributed by atoms with Crippen molar-refractivity contribution >= 4 is 17.8 Å². The average Bonchev–Trinajstić information content (AvgIpc) is 3.31. The van der Waals surface area contributed by atoms with Gasteiger partial charge in [-0.05, 0) is 23.8 Å². The summed E-state index contributed by atoms with van der Waals surface area (Å²) in [4.78, 5) is 0. The maximum Gasteiger partial charge on any atom is 0.188 e. The van der Waals surface area contributed by atoms with Gasteiger partial charge < -0.3 is 4.42 Å². The lowest BCUT2D eigenvalue weighted by molar-refractivity contribution is 0.567. The molecule has 0 atom stereocenters. The topological polar surface area (TPSA) is 56.2 Å². The van der Waals surface area contributed by atoms with Crippen molar-refractivity contribution in [3.8, 4) is 22.8 Å². The average molecular weight is 349 g/mol. The van der Waals surface area contributed by atoms with E-state index in [4.69, 9.17) is 16.0 Å². The van der Waals surface area contributed by atoms with E-state index in [1.165, 1.54) is 0 Å². The summed E-state index contributed by atoms with van der Waals surface area (Å²) in [5, 5.41) is 13.9. The highest BCUT2D eigenvalue weighted by Crippen LogP contribution is 2.24. The lowest BCUT2D eigenvalue weighted by atomic mass is 10.2. The number of benzene rings is 2. The summed E-state index contributed by atoms with van der Waals surface area (Å²) in [6.07, 6.45) is 4.96. The fourth-order valence-electron chi connectivity index (χ4n) is 2.40. The Balaban J connectivity index is 1.80. The van der Waals surface area contributed by atoms with Crippen LogP contribution in [0.3, 0.4) is 0 Å². The number of hydrogen-bond donors (Lipinski definition) is 0. The van der Waals surface area contributed by atoms with E-state index in [0.717, 1.165) is 16.7 Å². The molecule has 0 saturated heterocycles. The van der Waals surface area contributed by atoms with Crippen LogP contribution < -0.4 is 0 Å². The van der Waals surface area contributed by atoms with Crippen molar-refractivity contribution in [2.45, 2.75) is 0 Å². The van der Waals surface area contributed by atoms with Crippen LogP contribution in [0.25, 0.3) is 22.8 Å². The third-order valence-electron chi connectivity index (χ3n) is 3.64. The molecule has 0 aliphatic carbocycles. The molecule has 0 unspecified atom stereocenters. The van der Waals surface area contributed by atoms with Crippen LogP contribution in [0, 0.1) is 0 Å². The molecule has 0 saturated carbocycles. The van der Waals surface area contributed by atoms with Crippen LogP contribution in [0.5, 0.6) is 0 Å². The third kappa shape index (κ3) is 3.22. The fraction of sp³-hybridized carbons (Fsp3) is 0. The third-order valence-corrected chi connectivity index (χ3v) is 3.90. The normalized spacial score (nSPS) is 11.2. The van der Waals surface area contributed by atoms with Crippen LogP contribution in [0.4, 0.5) is 0 Å². The van der Waals surface area contributed by atoms with Gasteiger partial charge in [-0.2, -0.15) is 9.78 Å². The number of rotatable bonds is 4. The maximum absolute atomic E-state index is 5.93. The molecule has 0 aliphatic heterocycles. The highest BCUT2D eigenvalue weighted by Gasteiger charge is 2.15. The molecule has 2 aromatic heterocycles. The summed E-state index contributed by atoms with van der Waals surface area (Å²) in [5.74, 6) is 1.26. The first-order chi connectivity index (χ1) is 12.3. The van der Waals surface area contributed by atoms with Gasteiger partial charge in [0.25, 0.3) is 0 Å². The minimum Gasteiger partial charge on any atom is -0.472 e. The Bertz CT molecular complexity index is 990. The molecule has 0 spiro atoms. The fourth-order valence-corrected chi connectivity index (χ4v) is 2.53. The second kappa shape index (κ2) is 6.75. The van der Waals surface area contributed by atoms with Gasteiger partial charge in [0, 0.05) is 10.6 Å². The van der Waals surface area contributed by atoms with Gasteiger partial charge in [-0.3, -0.25) is 0 Å². The van der Waals surface area contributed by atoms with Gasteiger partial charge in [0.05, 0.1) is 18.0 Å². The largest absolute Gasteiger partial charge is 0.472 e. The Kier molecular flexibility index (Phi) is 4.14. The monoisotopic (exact) mass is 348 g/mol. The van der Waals surface area contributed by atoms with Gasteiger partial charge >= 0.3 is 0 Å². The molecule has 2 heterocycles. The zero-order chi connectivity index (χ0) is 17.1. The summed E-state index contributed by atoms with van der Waals surface area (Å²) in [7, 11) is 0. The SMILES string of the molecule is Clc1ccc(C=Nn2c(-c3ccccc3)nnc2-c2ccoc2)cc1. The van der Waals surface area contributed by atoms with Crippen LogP contribution in [-0.2, 0) is 0 Å². The van der Waals surface area contributed by atoms with E-state index in [1.807, 2.05) is 60.7 Å². The van der Waals surface area contributed by atoms with E-state index in [1.54, 1.807) is 23.4 Å². The van der Waals surface area contributed by atoms with Crippen LogP contribution in [0.15, 0.2) is 82.7 Å². The van der Waals surface area contributed by atoms with Crippen LogP contribution >= 0.6 is 11.6 Å². The zero-order valence-corrected chi connectivity index (χ0v) is 13.8. The number of aromatic nitrogens is 3. The predicted molar refractivity (Wildman–Crippen MR) is 97.6 cm³/mol. The smallest absolute Gasteiger partial charge is 0.188 e. The van der Waals surface area contributed by atoms with Crippen LogP contribution in [0.1, 0.15) is 5.56 Å². The quantitative estimate of drug-likeness (QED) is 0.500. The molecular weight excluding hydrogens is 336 g/mol. The molecule has 0 aliphatic rings. The van der Waals surface area contributed by atoms with Gasteiger partial charge in [-0.25, -0.2) is 0 Å². The number of hydrogen-bond acceptors (Lipinski definition) is 4. The summed E-state index contributed by atoms with van der Waals surface area (Å²) >= 11 is 5.93. The molecule has 4 aromatic rings. The van der Waals surface area contributed by atoms with E-state index in [9.17, 15) is 0 Å². The molecule has 25 heavy (non-hydrogen) atoms. The summed E-state index contributed by atoms with van der Waals surface area (Å²) in [5.41, 5.74) is 2.66. The Morgan fingerprint density at radius 1 is 0.880 bits per heavy atom. The van der Waals surface area contributed by atoms with Gasteiger partial charge in [0.15, 0.2) is 11.6 Å². The summed E-state index contributed by atoms with van der Waals surface area (Å²) in [6, 6.07) is 19.1. The van der Waals surface area contributed by atoms with Gasteiger partial charge in [0.2, 0.25) is 0 Å². The molecule has 0 fully saturated rings. The summed E-state index contributed by atoms with van der Waals surface area (Å²) in [6.45, 7) is 0. The van der Waals surface area contributed by atoms with Crippen molar-refractivity contribution in [1.29, 1.82) is 0 Å². The zero-order valence-electron chi connectivity index (χ0n) is 13.1. The minimum atomic E-state index is 0.609. The Morgan fingerprint density at radius 3 is 2.28 bits per heavy atom. The van der Waals surface area contributed by atoms with Crippen molar-refractivity contribution < 1.29 is 4.42 Å². The second-order valence-electron chi connectivity index (χ2n) is 5.33. The highest BCUT2D eigenvalue weighted by atomic mass is 35.5. The van der Waals surface area contributed by atoms with Crippen LogP contribution in [0.2, 0.25) is 5.02 Å². The molecular formula is C19H13ClN4O. The molecule has 0 bridgehead atoms. The van der Waals surface area contributed by atoms with Gasteiger partial charge in [-0.1, -0.05) is 54.1 Å². The number of nitrogens with zero attached hydrogens (tertiary/aromatic N) is 4. The van der Waals surface area contributed by atoms with E-state index in [-0.39, 0.29) is 0 Å². The van der Waals surface area contributed by atoms with E-state index < -0.39 is 0 Å². The lowest BCUT2D eigenvalue weighted by Gasteiger charge is -2.03. The number of halogens is 1. The lowest BCUT2D eigenvalue weighted by Crippen LogP contribution is -1.97. The first-order valence-corrected chi connectivity index (χ1v) is 8.02. The Hall–Kier alpha value is -3.18. The molecule has 6 heteroatoms. The van der Waals surface area contributed by atoms with Crippen molar-refractivity contribution in [2.75, 3.05) is 0 Å². The first-order valence-electron chi connectivity index (χ1n) is 7.64. The van der Waals surface area contributed by atoms with Crippen molar-refractivity contribution in [3.05, 3.63) is 83.8 Å². The first kappa shape index (κ1) is 15.4. The predicted octanol–water partition coefficient (Wildman–Crippen LogP) is 4.74. The van der Waals surface area contributed by atoms with Gasteiger partial charge in [-0.15, -0.1) is 10.2 Å². The van der Waals surface area contributed by atoms with E-state index in [2.05, 4.69) is 15.3 Å². The Labute approximate surface area is 149 Å². The van der Waals surface area contributed by atoms with Crippen molar-refractivity contribution in [2.24, 2.45) is 5.10 Å². The van der Waals surface area contributed by atoms with E-state index >= 15 is 0 Å². The summed E-state index contributed by atoms with van der Waals surface area (Å²) < 4.78 is 6.87. The Morgan fingerprint density at radius 2 is 1.60 bits per heavy atom. The highest BCUT2D eigenvalue weighted by molar-refractivity contribution is 6.30. The number of furan rings is 1. The minimum absolute atomic E-state index is 0.609. The van der Waals surface area contributed by atoms with Crippen molar-refractivity contribution in [1.82, 2.24) is 14.9 Å². The molecule has 4 rings (SSSR count). The molecule has 0 amide bonds. The molecule has 0 N–H and O–H groups in total. The van der Waals surface area contributed by atoms with E-state index in [0.29, 0.717) is 16.7 Å². The molecule has 5 nitrogen and oxygen atoms in total. The second-order valence-corrected chi connectivity index (χ2v) is 5.77. The van der Waals surface area contributed by atoms with Crippen molar-refractivity contribution in [3.63, 3.8) is 0 Å². The molecule has 2 aromatic carbocycles. The van der Waals surface area contributed by atoms with Gasteiger partial charge in [0.1, 0.15) is 6.26 Å². The van der Waals surface area contributed by atoms with Crippen LogP contribution in [-0.4, -0.2) is 21.1 Å². The standard InChI is InChI=1S/C19H13ClN4O/c20-17-8-6-14(7-9-17)12-21-24-18(15-4-2-1-3-5-15)22-23-19(24)16-10-11-25-13-16/h1-13H. The molecule has 0 radical (unpaired) electrons.